The highest BCUT2D eigenvalue weighted by Gasteiger charge is 2.17. The third kappa shape index (κ3) is 3.26. The van der Waals surface area contributed by atoms with E-state index in [0.717, 1.165) is 12.1 Å². The summed E-state index contributed by atoms with van der Waals surface area (Å²) < 4.78 is 39.2. The Kier molecular flexibility index (Phi) is 3.76. The van der Waals surface area contributed by atoms with Crippen molar-refractivity contribution in [3.63, 3.8) is 0 Å². The van der Waals surface area contributed by atoms with E-state index >= 15 is 0 Å². The number of nitrogens with one attached hydrogen (secondary N) is 2. The van der Waals surface area contributed by atoms with Gasteiger partial charge >= 0.3 is 0 Å². The molecule has 0 spiro atoms. The number of nitrogen functional groups attached to an aromatic ring is 1. The van der Waals surface area contributed by atoms with Crippen molar-refractivity contribution in [1.29, 1.82) is 0 Å². The van der Waals surface area contributed by atoms with Gasteiger partial charge in [-0.25, -0.2) is 22.5 Å². The maximum Gasteiger partial charge on any atom is 0.242 e. The zero-order valence-corrected chi connectivity index (χ0v) is 10.6. The molecule has 0 saturated heterocycles. The van der Waals surface area contributed by atoms with E-state index in [1.54, 1.807) is 0 Å². The fraction of sp³-hybridized carbons (Fsp3) is 0.200. The second-order valence-corrected chi connectivity index (χ2v) is 5.50. The Morgan fingerprint density at radius 2 is 2.21 bits per heavy atom. The highest BCUT2D eigenvalue weighted by Crippen LogP contribution is 2.18. The molecule has 2 aromatic rings. The molecule has 0 aliphatic heterocycles. The van der Waals surface area contributed by atoms with Crippen LogP contribution in [0.2, 0.25) is 0 Å². The van der Waals surface area contributed by atoms with E-state index in [-0.39, 0.29) is 17.1 Å². The lowest BCUT2D eigenvalue weighted by Crippen LogP contribution is -2.27. The molecule has 0 amide bonds. The van der Waals surface area contributed by atoms with Gasteiger partial charge in [0.1, 0.15) is 22.9 Å². The lowest BCUT2D eigenvalue weighted by molar-refractivity contribution is 0.577. The van der Waals surface area contributed by atoms with Gasteiger partial charge in [0, 0.05) is 13.0 Å². The number of H-pyrrole nitrogens is 1. The second-order valence-electron chi connectivity index (χ2n) is 3.76. The van der Waals surface area contributed by atoms with Crippen molar-refractivity contribution < 1.29 is 12.8 Å². The predicted molar refractivity (Wildman–Crippen MR) is 66.1 cm³/mol. The summed E-state index contributed by atoms with van der Waals surface area (Å²) in [6.07, 6.45) is 1.67. The molecule has 2 rings (SSSR count). The molecular weight excluding hydrogens is 273 g/mol. The van der Waals surface area contributed by atoms with E-state index in [4.69, 9.17) is 5.73 Å². The maximum absolute atomic E-state index is 13.1. The van der Waals surface area contributed by atoms with E-state index in [2.05, 4.69) is 19.9 Å². The molecule has 0 radical (unpaired) electrons. The minimum atomic E-state index is -3.84. The summed E-state index contributed by atoms with van der Waals surface area (Å²) in [7, 11) is -3.84. The quantitative estimate of drug-likeness (QED) is 0.671. The Bertz CT molecular complexity index is 657. The topological polar surface area (TPSA) is 114 Å². The summed E-state index contributed by atoms with van der Waals surface area (Å²) in [5.74, 6) is -0.111. The van der Waals surface area contributed by atoms with Gasteiger partial charge in [-0.3, -0.25) is 5.10 Å². The highest BCUT2D eigenvalue weighted by molar-refractivity contribution is 7.89. The van der Waals surface area contributed by atoms with Gasteiger partial charge in [0.15, 0.2) is 0 Å². The molecule has 4 N–H and O–H groups in total. The minimum Gasteiger partial charge on any atom is -0.398 e. The summed E-state index contributed by atoms with van der Waals surface area (Å²) in [6, 6.07) is 3.19. The summed E-state index contributed by atoms with van der Waals surface area (Å²) >= 11 is 0. The van der Waals surface area contributed by atoms with Crippen LogP contribution in [0.15, 0.2) is 29.4 Å². The van der Waals surface area contributed by atoms with Gasteiger partial charge in [-0.2, -0.15) is 5.10 Å². The van der Waals surface area contributed by atoms with Crippen LogP contribution in [0.25, 0.3) is 0 Å². The van der Waals surface area contributed by atoms with Gasteiger partial charge in [0.25, 0.3) is 0 Å². The SMILES string of the molecule is Nc1ccc(F)cc1S(=O)(=O)NCCc1ncn[nH]1. The Morgan fingerprint density at radius 1 is 1.42 bits per heavy atom. The Balaban J connectivity index is 2.07. The number of nitrogens with two attached hydrogens (primary N) is 1. The monoisotopic (exact) mass is 285 g/mol. The maximum atomic E-state index is 13.1. The van der Waals surface area contributed by atoms with Gasteiger partial charge in [0.05, 0.1) is 5.69 Å². The Hall–Kier alpha value is -2.00. The first kappa shape index (κ1) is 13.4. The van der Waals surface area contributed by atoms with E-state index in [1.807, 2.05) is 0 Å². The molecule has 102 valence electrons. The van der Waals surface area contributed by atoms with Crippen molar-refractivity contribution in [3.05, 3.63) is 36.2 Å². The van der Waals surface area contributed by atoms with Crippen LogP contribution in [0.5, 0.6) is 0 Å². The number of hydrogen-bond donors (Lipinski definition) is 3. The number of anilines is 1. The van der Waals surface area contributed by atoms with Crippen molar-refractivity contribution in [2.45, 2.75) is 11.3 Å². The zero-order valence-electron chi connectivity index (χ0n) is 9.80. The number of hydrogen-bond acceptors (Lipinski definition) is 5. The molecule has 0 aliphatic rings. The van der Waals surface area contributed by atoms with E-state index in [9.17, 15) is 12.8 Å². The summed E-state index contributed by atoms with van der Waals surface area (Å²) in [6.45, 7) is 0.105. The van der Waals surface area contributed by atoms with Crippen molar-refractivity contribution >= 4 is 15.7 Å². The molecule has 1 aromatic carbocycles. The normalized spacial score (nSPS) is 11.6. The fourth-order valence-corrected chi connectivity index (χ4v) is 2.65. The van der Waals surface area contributed by atoms with Crippen molar-refractivity contribution in [2.24, 2.45) is 0 Å². The van der Waals surface area contributed by atoms with Crippen LogP contribution in [0, 0.1) is 5.82 Å². The lowest BCUT2D eigenvalue weighted by atomic mass is 10.3. The highest BCUT2D eigenvalue weighted by atomic mass is 32.2. The summed E-state index contributed by atoms with van der Waals surface area (Å²) in [4.78, 5) is 3.58. The summed E-state index contributed by atoms with van der Waals surface area (Å²) in [5.41, 5.74) is 5.52. The Morgan fingerprint density at radius 3 is 2.89 bits per heavy atom. The molecule has 0 fully saturated rings. The largest absolute Gasteiger partial charge is 0.398 e. The van der Waals surface area contributed by atoms with Crippen molar-refractivity contribution in [1.82, 2.24) is 19.9 Å². The van der Waals surface area contributed by atoms with E-state index in [0.29, 0.717) is 12.2 Å². The molecule has 0 atom stereocenters. The lowest BCUT2D eigenvalue weighted by Gasteiger charge is -2.08. The molecule has 0 bridgehead atoms. The average Bonchev–Trinajstić information content (AvgIpc) is 2.85. The molecule has 1 aromatic heterocycles. The first-order valence-electron chi connectivity index (χ1n) is 5.38. The molecule has 0 aliphatic carbocycles. The smallest absolute Gasteiger partial charge is 0.242 e. The van der Waals surface area contributed by atoms with Crippen LogP contribution >= 0.6 is 0 Å². The van der Waals surface area contributed by atoms with E-state index in [1.165, 1.54) is 12.4 Å². The number of aromatic nitrogens is 3. The predicted octanol–water partition coefficient (Wildman–Crippen LogP) is 0.0470. The average molecular weight is 285 g/mol. The van der Waals surface area contributed by atoms with Gasteiger partial charge in [-0.1, -0.05) is 0 Å². The minimum absolute atomic E-state index is 0.00596. The van der Waals surface area contributed by atoms with Gasteiger partial charge in [-0.15, -0.1) is 0 Å². The van der Waals surface area contributed by atoms with Crippen LogP contribution in [0.1, 0.15) is 5.82 Å². The number of nitrogens with zero attached hydrogens (tertiary/aromatic N) is 2. The third-order valence-corrected chi connectivity index (χ3v) is 3.90. The molecule has 1 heterocycles. The van der Waals surface area contributed by atoms with Crippen molar-refractivity contribution in [2.75, 3.05) is 12.3 Å². The van der Waals surface area contributed by atoms with Gasteiger partial charge in [-0.05, 0) is 18.2 Å². The number of benzene rings is 1. The first-order valence-corrected chi connectivity index (χ1v) is 6.86. The molecule has 19 heavy (non-hydrogen) atoms. The van der Waals surface area contributed by atoms with Crippen LogP contribution in [-0.2, 0) is 16.4 Å². The zero-order chi connectivity index (χ0) is 13.9. The second kappa shape index (κ2) is 5.33. The number of rotatable bonds is 5. The number of halogens is 1. The molecule has 9 heteroatoms. The third-order valence-electron chi connectivity index (χ3n) is 2.38. The molecule has 0 unspecified atom stereocenters. The van der Waals surface area contributed by atoms with Crippen molar-refractivity contribution in [3.8, 4) is 0 Å². The molecule has 7 nitrogen and oxygen atoms in total. The Labute approximate surface area is 109 Å². The van der Waals surface area contributed by atoms with E-state index < -0.39 is 15.8 Å². The number of aromatic amines is 1. The number of sulfonamides is 1. The molecule has 0 saturated carbocycles. The molecular formula is C10H12FN5O2S. The van der Waals surface area contributed by atoms with Crippen LogP contribution in [0.4, 0.5) is 10.1 Å². The van der Waals surface area contributed by atoms with Crippen LogP contribution in [-0.4, -0.2) is 30.1 Å². The standard InChI is InChI=1S/C10H12FN5O2S/c11-7-1-2-8(12)9(5-7)19(17,18)15-4-3-10-13-6-14-16-10/h1-2,5-6,15H,3-4,12H2,(H,13,14,16). The first-order chi connectivity index (χ1) is 8.99. The van der Waals surface area contributed by atoms with Crippen LogP contribution in [0.3, 0.4) is 0 Å². The summed E-state index contributed by atoms with van der Waals surface area (Å²) in [5, 5.41) is 6.24. The fourth-order valence-electron chi connectivity index (χ4n) is 1.47. The van der Waals surface area contributed by atoms with Crippen LogP contribution < -0.4 is 10.5 Å². The van der Waals surface area contributed by atoms with Gasteiger partial charge < -0.3 is 5.73 Å². The van der Waals surface area contributed by atoms with Gasteiger partial charge in [0.2, 0.25) is 10.0 Å².